The molecule has 0 bridgehead atoms. The maximum absolute atomic E-state index is 9.64. The van der Waals surface area contributed by atoms with Crippen molar-refractivity contribution in [3.63, 3.8) is 0 Å². The van der Waals surface area contributed by atoms with Gasteiger partial charge in [-0.2, -0.15) is 0 Å². The third kappa shape index (κ3) is 6.51. The number of benzene rings is 3. The molecule has 0 amide bonds. The van der Waals surface area contributed by atoms with Crippen molar-refractivity contribution < 1.29 is 5.11 Å². The fourth-order valence-corrected chi connectivity index (χ4v) is 4.73. The van der Waals surface area contributed by atoms with E-state index in [0.29, 0.717) is 0 Å². The first-order valence-electron chi connectivity index (χ1n) is 13.3. The van der Waals surface area contributed by atoms with Crippen LogP contribution in [0.25, 0.3) is 22.6 Å². The third-order valence-corrected chi connectivity index (χ3v) is 6.67. The van der Waals surface area contributed by atoms with Crippen molar-refractivity contribution in [2.24, 2.45) is 0 Å². The molecule has 0 radical (unpaired) electrons. The average Bonchev–Trinajstić information content (AvgIpc) is 3.29. The zero-order valence-electron chi connectivity index (χ0n) is 21.7. The Labute approximate surface area is 216 Å². The number of aromatic nitrogens is 2. The second kappa shape index (κ2) is 13.2. The Morgan fingerprint density at radius 1 is 0.750 bits per heavy atom. The van der Waals surface area contributed by atoms with Crippen molar-refractivity contribution in [3.05, 3.63) is 102 Å². The molecule has 0 aliphatic rings. The summed E-state index contributed by atoms with van der Waals surface area (Å²) < 4.78 is 2.46. The van der Waals surface area contributed by atoms with Gasteiger partial charge in [0.2, 0.25) is 0 Å². The van der Waals surface area contributed by atoms with E-state index in [4.69, 9.17) is 4.98 Å². The Morgan fingerprint density at radius 3 is 2.08 bits per heavy atom. The van der Waals surface area contributed by atoms with Gasteiger partial charge in [-0.15, -0.1) is 0 Å². The maximum Gasteiger partial charge on any atom is 0.140 e. The van der Waals surface area contributed by atoms with E-state index >= 15 is 0 Å². The molecule has 4 rings (SSSR count). The Bertz CT molecular complexity index is 1200. The predicted molar refractivity (Wildman–Crippen MR) is 149 cm³/mol. The molecule has 0 saturated carbocycles. The summed E-state index contributed by atoms with van der Waals surface area (Å²) in [6, 6.07) is 29.5. The number of unbranched alkanes of at least 4 members (excludes halogenated alkanes) is 2. The van der Waals surface area contributed by atoms with Crippen molar-refractivity contribution in [2.45, 2.75) is 65.8 Å². The lowest BCUT2D eigenvalue weighted by Gasteiger charge is -2.24. The number of aliphatic hydroxyl groups is 1. The van der Waals surface area contributed by atoms with E-state index in [-0.39, 0.29) is 6.61 Å². The number of imidazole rings is 1. The molecule has 36 heavy (non-hydrogen) atoms. The molecule has 188 valence electrons. The molecule has 4 aromatic rings. The molecule has 4 heteroatoms. The third-order valence-electron chi connectivity index (χ3n) is 6.67. The van der Waals surface area contributed by atoms with E-state index < -0.39 is 0 Å². The second-order valence-electron chi connectivity index (χ2n) is 9.51. The molecule has 1 aromatic heterocycles. The SMILES string of the molecule is CCCCN(Cc1cccc(CO)c1)Cc1c(-c2ccccc2)nc(-c2ccccc2)n1CCCC. The molecule has 0 aliphatic heterocycles. The number of hydrogen-bond donors (Lipinski definition) is 1. The lowest BCUT2D eigenvalue weighted by atomic mass is 10.1. The molecule has 0 fully saturated rings. The summed E-state index contributed by atoms with van der Waals surface area (Å²) in [4.78, 5) is 7.82. The average molecular weight is 482 g/mol. The zero-order chi connectivity index (χ0) is 25.2. The first kappa shape index (κ1) is 25.9. The van der Waals surface area contributed by atoms with Gasteiger partial charge in [0.15, 0.2) is 0 Å². The number of nitrogens with zero attached hydrogens (tertiary/aromatic N) is 3. The first-order chi connectivity index (χ1) is 17.7. The zero-order valence-corrected chi connectivity index (χ0v) is 21.7. The van der Waals surface area contributed by atoms with Crippen LogP contribution in [0.4, 0.5) is 0 Å². The second-order valence-corrected chi connectivity index (χ2v) is 9.51. The molecule has 0 spiro atoms. The van der Waals surface area contributed by atoms with Gasteiger partial charge in [-0.05, 0) is 30.5 Å². The van der Waals surface area contributed by atoms with Crippen molar-refractivity contribution >= 4 is 0 Å². The van der Waals surface area contributed by atoms with E-state index in [1.54, 1.807) is 0 Å². The van der Waals surface area contributed by atoms with Crippen LogP contribution in [-0.4, -0.2) is 26.1 Å². The summed E-state index contributed by atoms with van der Waals surface area (Å²) in [5, 5.41) is 9.64. The van der Waals surface area contributed by atoms with Crippen LogP contribution in [0.3, 0.4) is 0 Å². The van der Waals surface area contributed by atoms with Crippen molar-refractivity contribution in [3.8, 4) is 22.6 Å². The molecule has 1 heterocycles. The Hall–Kier alpha value is -3.21. The molecule has 1 N–H and O–H groups in total. The molecule has 3 aromatic carbocycles. The minimum atomic E-state index is 0.0746. The van der Waals surface area contributed by atoms with E-state index in [0.717, 1.165) is 80.1 Å². The molecular weight excluding hydrogens is 442 g/mol. The Morgan fingerprint density at radius 2 is 1.42 bits per heavy atom. The number of hydrogen-bond acceptors (Lipinski definition) is 3. The van der Waals surface area contributed by atoms with Crippen LogP contribution in [0.2, 0.25) is 0 Å². The van der Waals surface area contributed by atoms with Gasteiger partial charge in [-0.1, -0.05) is 112 Å². The largest absolute Gasteiger partial charge is 0.392 e. The van der Waals surface area contributed by atoms with Gasteiger partial charge in [0.1, 0.15) is 5.82 Å². The van der Waals surface area contributed by atoms with E-state index in [1.807, 2.05) is 12.1 Å². The monoisotopic (exact) mass is 481 g/mol. The van der Waals surface area contributed by atoms with Gasteiger partial charge in [0.25, 0.3) is 0 Å². The highest BCUT2D eigenvalue weighted by Crippen LogP contribution is 2.31. The molecule has 0 aliphatic carbocycles. The van der Waals surface area contributed by atoms with Crippen LogP contribution < -0.4 is 0 Å². The highest BCUT2D eigenvalue weighted by molar-refractivity contribution is 5.68. The maximum atomic E-state index is 9.64. The highest BCUT2D eigenvalue weighted by atomic mass is 16.3. The summed E-state index contributed by atoms with van der Waals surface area (Å²) in [6.45, 7) is 8.23. The Kier molecular flexibility index (Phi) is 9.48. The normalized spacial score (nSPS) is 11.3. The minimum Gasteiger partial charge on any atom is -0.392 e. The van der Waals surface area contributed by atoms with Gasteiger partial charge >= 0.3 is 0 Å². The fraction of sp³-hybridized carbons (Fsp3) is 0.344. The first-order valence-corrected chi connectivity index (χ1v) is 13.3. The van der Waals surface area contributed by atoms with Crippen LogP contribution in [0.15, 0.2) is 84.9 Å². The quantitative estimate of drug-likeness (QED) is 0.218. The lowest BCUT2D eigenvalue weighted by Crippen LogP contribution is -2.26. The molecule has 0 saturated heterocycles. The number of aliphatic hydroxyl groups excluding tert-OH is 1. The predicted octanol–water partition coefficient (Wildman–Crippen LogP) is 7.31. The van der Waals surface area contributed by atoms with Crippen molar-refractivity contribution in [2.75, 3.05) is 6.54 Å². The summed E-state index contributed by atoms with van der Waals surface area (Å²) in [5.41, 5.74) is 6.89. The topological polar surface area (TPSA) is 41.3 Å². The van der Waals surface area contributed by atoms with Gasteiger partial charge in [-0.3, -0.25) is 4.90 Å². The van der Waals surface area contributed by atoms with E-state index in [1.165, 1.54) is 11.3 Å². The molecule has 0 unspecified atom stereocenters. The van der Waals surface area contributed by atoms with E-state index in [2.05, 4.69) is 96.1 Å². The van der Waals surface area contributed by atoms with Crippen LogP contribution in [0.5, 0.6) is 0 Å². The standard InChI is InChI=1S/C32H39N3O/c1-3-5-20-34(23-26-14-13-15-27(22-26)25-36)24-30-31(28-16-9-7-10-17-28)33-32(35(30)21-6-4-2)29-18-11-8-12-19-29/h7-19,22,36H,3-6,20-21,23-25H2,1-2H3. The highest BCUT2D eigenvalue weighted by Gasteiger charge is 2.21. The van der Waals surface area contributed by atoms with Crippen LogP contribution in [0, 0.1) is 0 Å². The van der Waals surface area contributed by atoms with Crippen molar-refractivity contribution in [1.29, 1.82) is 0 Å². The molecular formula is C32H39N3O. The summed E-state index contributed by atoms with van der Waals surface area (Å²) >= 11 is 0. The summed E-state index contributed by atoms with van der Waals surface area (Å²) in [7, 11) is 0. The van der Waals surface area contributed by atoms with Crippen molar-refractivity contribution in [1.82, 2.24) is 14.5 Å². The van der Waals surface area contributed by atoms with Gasteiger partial charge in [0.05, 0.1) is 18.0 Å². The van der Waals surface area contributed by atoms with Gasteiger partial charge in [-0.25, -0.2) is 4.98 Å². The minimum absolute atomic E-state index is 0.0746. The van der Waals surface area contributed by atoms with Crippen LogP contribution >= 0.6 is 0 Å². The van der Waals surface area contributed by atoms with E-state index in [9.17, 15) is 5.11 Å². The molecule has 0 atom stereocenters. The van der Waals surface area contributed by atoms with Crippen LogP contribution in [-0.2, 0) is 26.2 Å². The van der Waals surface area contributed by atoms with Gasteiger partial charge in [0, 0.05) is 30.8 Å². The number of rotatable bonds is 13. The van der Waals surface area contributed by atoms with Crippen LogP contribution in [0.1, 0.15) is 56.4 Å². The fourth-order valence-electron chi connectivity index (χ4n) is 4.73. The molecule has 4 nitrogen and oxygen atoms in total. The summed E-state index contributed by atoms with van der Waals surface area (Å²) in [6.07, 6.45) is 4.56. The Balaban J connectivity index is 1.78. The summed E-state index contributed by atoms with van der Waals surface area (Å²) in [5.74, 6) is 1.05. The lowest BCUT2D eigenvalue weighted by molar-refractivity contribution is 0.245. The smallest absolute Gasteiger partial charge is 0.140 e. The van der Waals surface area contributed by atoms with Gasteiger partial charge < -0.3 is 9.67 Å².